The van der Waals surface area contributed by atoms with E-state index < -0.39 is 0 Å². The lowest BCUT2D eigenvalue weighted by atomic mass is 9.54. The number of aliphatic imine (C=N–C) groups is 1. The van der Waals surface area contributed by atoms with Crippen LogP contribution >= 0.6 is 0 Å². The van der Waals surface area contributed by atoms with Crippen molar-refractivity contribution in [3.63, 3.8) is 0 Å². The fraction of sp³-hybridized carbons (Fsp3) is 0.682. The summed E-state index contributed by atoms with van der Waals surface area (Å²) >= 11 is 0. The van der Waals surface area contributed by atoms with Crippen LogP contribution in [0.15, 0.2) is 23.2 Å². The number of fused-ring (bicyclic) bond motifs is 2. The molecule has 0 bridgehead atoms. The van der Waals surface area contributed by atoms with Crippen LogP contribution < -0.4 is 20.1 Å². The van der Waals surface area contributed by atoms with E-state index in [1.165, 1.54) is 32.1 Å². The molecule has 6 heteroatoms. The van der Waals surface area contributed by atoms with Gasteiger partial charge in [0.2, 0.25) is 0 Å². The Morgan fingerprint density at radius 1 is 1.21 bits per heavy atom. The molecule has 1 heterocycles. The van der Waals surface area contributed by atoms with Crippen molar-refractivity contribution in [1.82, 2.24) is 10.6 Å². The predicted octanol–water partition coefficient (Wildman–Crippen LogP) is 3.11. The fourth-order valence-corrected chi connectivity index (χ4v) is 5.52. The van der Waals surface area contributed by atoms with Crippen molar-refractivity contribution >= 4 is 5.96 Å². The molecule has 0 aromatic heterocycles. The summed E-state index contributed by atoms with van der Waals surface area (Å²) in [5, 5.41) is 7.21. The Labute approximate surface area is 168 Å². The molecule has 1 spiro atoms. The summed E-state index contributed by atoms with van der Waals surface area (Å²) in [6.07, 6.45) is 6.83. The molecule has 3 unspecified atom stereocenters. The summed E-state index contributed by atoms with van der Waals surface area (Å²) in [6.45, 7) is 4.47. The molecule has 3 atom stereocenters. The third-order valence-electron chi connectivity index (χ3n) is 6.79. The standard InChI is InChI=1S/C22H33N3O3/c1-4-23-21(24-14-15-7-8-17(26-2)18(13-15)27-3)25-19-16-9-12-28-20(16)22(19)10-5-6-11-22/h7-8,13,16,19-20H,4-6,9-12,14H2,1-3H3,(H2,23,24,25). The molecule has 2 N–H and O–H groups in total. The van der Waals surface area contributed by atoms with Gasteiger partial charge in [-0.2, -0.15) is 0 Å². The van der Waals surface area contributed by atoms with Gasteiger partial charge in [-0.05, 0) is 43.9 Å². The van der Waals surface area contributed by atoms with Crippen LogP contribution in [0.25, 0.3) is 0 Å². The summed E-state index contributed by atoms with van der Waals surface area (Å²) in [5.74, 6) is 3.01. The van der Waals surface area contributed by atoms with E-state index in [4.69, 9.17) is 19.2 Å². The molecular formula is C22H33N3O3. The van der Waals surface area contributed by atoms with E-state index in [1.807, 2.05) is 18.2 Å². The smallest absolute Gasteiger partial charge is 0.191 e. The second-order valence-corrected chi connectivity index (χ2v) is 8.19. The number of nitrogens with zero attached hydrogens (tertiary/aromatic N) is 1. The van der Waals surface area contributed by atoms with E-state index in [2.05, 4.69) is 17.6 Å². The van der Waals surface area contributed by atoms with Crippen molar-refractivity contribution < 1.29 is 14.2 Å². The highest BCUT2D eigenvalue weighted by Crippen LogP contribution is 2.60. The monoisotopic (exact) mass is 387 g/mol. The van der Waals surface area contributed by atoms with E-state index in [-0.39, 0.29) is 0 Å². The molecular weight excluding hydrogens is 354 g/mol. The Hall–Kier alpha value is -1.95. The predicted molar refractivity (Wildman–Crippen MR) is 110 cm³/mol. The number of rotatable bonds is 6. The third-order valence-corrected chi connectivity index (χ3v) is 6.79. The molecule has 1 aliphatic heterocycles. The van der Waals surface area contributed by atoms with E-state index in [0.717, 1.165) is 36.2 Å². The van der Waals surface area contributed by atoms with Gasteiger partial charge in [0.15, 0.2) is 17.5 Å². The summed E-state index contributed by atoms with van der Waals surface area (Å²) < 4.78 is 16.9. The SMILES string of the molecule is CCNC(=NCc1ccc(OC)c(OC)c1)NC1C2CCOC2C12CCCC2. The molecule has 0 radical (unpaired) electrons. The van der Waals surface area contributed by atoms with Gasteiger partial charge in [0.1, 0.15) is 0 Å². The van der Waals surface area contributed by atoms with Gasteiger partial charge in [0.05, 0.1) is 26.9 Å². The van der Waals surface area contributed by atoms with Crippen molar-refractivity contribution in [2.75, 3.05) is 27.4 Å². The van der Waals surface area contributed by atoms with E-state index in [0.29, 0.717) is 30.0 Å². The zero-order chi connectivity index (χ0) is 19.6. The zero-order valence-corrected chi connectivity index (χ0v) is 17.3. The van der Waals surface area contributed by atoms with Gasteiger partial charge >= 0.3 is 0 Å². The number of hydrogen-bond donors (Lipinski definition) is 2. The van der Waals surface area contributed by atoms with Gasteiger partial charge in [-0.15, -0.1) is 0 Å². The van der Waals surface area contributed by atoms with Gasteiger partial charge < -0.3 is 24.8 Å². The first-order valence-electron chi connectivity index (χ1n) is 10.6. The van der Waals surface area contributed by atoms with Crippen molar-refractivity contribution in [3.8, 4) is 11.5 Å². The molecule has 2 aliphatic carbocycles. The molecule has 3 aliphatic rings. The van der Waals surface area contributed by atoms with E-state index in [9.17, 15) is 0 Å². The Balaban J connectivity index is 1.48. The molecule has 6 nitrogen and oxygen atoms in total. The van der Waals surface area contributed by atoms with Crippen LogP contribution in [-0.4, -0.2) is 45.5 Å². The molecule has 1 aromatic carbocycles. The Kier molecular flexibility index (Phi) is 5.67. The van der Waals surface area contributed by atoms with Gasteiger partial charge in [0.25, 0.3) is 0 Å². The van der Waals surface area contributed by atoms with Crippen LogP contribution in [-0.2, 0) is 11.3 Å². The summed E-state index contributed by atoms with van der Waals surface area (Å²) in [7, 11) is 3.31. The lowest BCUT2D eigenvalue weighted by Gasteiger charge is -2.57. The first kappa shape index (κ1) is 19.4. The van der Waals surface area contributed by atoms with Crippen LogP contribution in [0.3, 0.4) is 0 Å². The van der Waals surface area contributed by atoms with Crippen LogP contribution in [0, 0.1) is 11.3 Å². The third kappa shape index (κ3) is 3.32. The average Bonchev–Trinajstić information content (AvgIpc) is 3.38. The second kappa shape index (κ2) is 8.19. The normalized spacial score (nSPS) is 28.0. The number of ether oxygens (including phenoxy) is 3. The van der Waals surface area contributed by atoms with Crippen LogP contribution in [0.2, 0.25) is 0 Å². The number of benzene rings is 1. The highest BCUT2D eigenvalue weighted by molar-refractivity contribution is 5.80. The van der Waals surface area contributed by atoms with Crippen LogP contribution in [0.4, 0.5) is 0 Å². The molecule has 4 rings (SSSR count). The molecule has 154 valence electrons. The summed E-state index contributed by atoms with van der Waals surface area (Å²) in [4.78, 5) is 4.86. The maximum absolute atomic E-state index is 6.11. The molecule has 1 aromatic rings. The van der Waals surface area contributed by atoms with Crippen molar-refractivity contribution in [1.29, 1.82) is 0 Å². The van der Waals surface area contributed by atoms with Crippen molar-refractivity contribution in [2.45, 2.75) is 57.7 Å². The van der Waals surface area contributed by atoms with Crippen molar-refractivity contribution in [3.05, 3.63) is 23.8 Å². The van der Waals surface area contributed by atoms with Gasteiger partial charge in [0, 0.05) is 30.5 Å². The molecule has 1 saturated heterocycles. The maximum Gasteiger partial charge on any atom is 0.191 e. The molecule has 0 amide bonds. The molecule has 28 heavy (non-hydrogen) atoms. The summed E-state index contributed by atoms with van der Waals surface area (Å²) in [5.41, 5.74) is 1.42. The highest BCUT2D eigenvalue weighted by atomic mass is 16.5. The second-order valence-electron chi connectivity index (χ2n) is 8.19. The lowest BCUT2D eigenvalue weighted by Crippen LogP contribution is -2.69. The largest absolute Gasteiger partial charge is 0.493 e. The van der Waals surface area contributed by atoms with Gasteiger partial charge in [-0.3, -0.25) is 0 Å². The van der Waals surface area contributed by atoms with Crippen molar-refractivity contribution in [2.24, 2.45) is 16.3 Å². The van der Waals surface area contributed by atoms with Gasteiger partial charge in [-0.25, -0.2) is 4.99 Å². The van der Waals surface area contributed by atoms with Gasteiger partial charge in [-0.1, -0.05) is 18.9 Å². The topological polar surface area (TPSA) is 64.1 Å². The zero-order valence-electron chi connectivity index (χ0n) is 17.3. The number of guanidine groups is 1. The van der Waals surface area contributed by atoms with Crippen LogP contribution in [0.5, 0.6) is 11.5 Å². The minimum atomic E-state index is 0.320. The fourth-order valence-electron chi connectivity index (χ4n) is 5.52. The first-order chi connectivity index (χ1) is 13.7. The minimum absolute atomic E-state index is 0.320. The summed E-state index contributed by atoms with van der Waals surface area (Å²) in [6, 6.07) is 6.45. The Morgan fingerprint density at radius 2 is 2.00 bits per heavy atom. The Bertz CT molecular complexity index is 715. The number of nitrogens with one attached hydrogen (secondary N) is 2. The van der Waals surface area contributed by atoms with Crippen LogP contribution in [0.1, 0.15) is 44.6 Å². The molecule has 2 saturated carbocycles. The lowest BCUT2D eigenvalue weighted by molar-refractivity contribution is -0.125. The minimum Gasteiger partial charge on any atom is -0.493 e. The molecule has 3 fully saturated rings. The first-order valence-corrected chi connectivity index (χ1v) is 10.6. The number of hydrogen-bond acceptors (Lipinski definition) is 4. The average molecular weight is 388 g/mol. The quantitative estimate of drug-likeness (QED) is 0.580. The maximum atomic E-state index is 6.11. The number of methoxy groups -OCH3 is 2. The Morgan fingerprint density at radius 3 is 2.71 bits per heavy atom. The highest BCUT2D eigenvalue weighted by Gasteiger charge is 2.65. The van der Waals surface area contributed by atoms with E-state index in [1.54, 1.807) is 14.2 Å². The van der Waals surface area contributed by atoms with E-state index >= 15 is 0 Å².